The van der Waals surface area contributed by atoms with Crippen LogP contribution in [0.4, 0.5) is 0 Å². The Morgan fingerprint density at radius 2 is 2.17 bits per heavy atom. The summed E-state index contributed by atoms with van der Waals surface area (Å²) in [5, 5.41) is 8.79. The van der Waals surface area contributed by atoms with E-state index < -0.39 is 5.97 Å². The third kappa shape index (κ3) is 2.34. The summed E-state index contributed by atoms with van der Waals surface area (Å²) < 4.78 is 2.09. The van der Waals surface area contributed by atoms with E-state index in [0.717, 1.165) is 16.9 Å². The lowest BCUT2D eigenvalue weighted by Crippen LogP contribution is -2.24. The number of aliphatic carboxylic acids is 1. The van der Waals surface area contributed by atoms with Gasteiger partial charge in [0.15, 0.2) is 0 Å². The molecule has 0 atom stereocenters. The second-order valence-corrected chi connectivity index (χ2v) is 5.29. The van der Waals surface area contributed by atoms with E-state index in [1.807, 2.05) is 6.07 Å². The molecule has 0 fully saturated rings. The minimum absolute atomic E-state index is 0.0901. The molecule has 5 heteroatoms. The number of fused-ring (bicyclic) bond motifs is 1. The van der Waals surface area contributed by atoms with Crippen molar-refractivity contribution < 1.29 is 9.90 Å². The molecule has 0 saturated heterocycles. The fraction of sp³-hybridized carbons (Fsp3) is 0.462. The van der Waals surface area contributed by atoms with Crippen LogP contribution in [0, 0.1) is 0 Å². The number of aryl methyl sites for hydroxylation is 1. The molecule has 0 radical (unpaired) electrons. The SMILES string of the molecule is CC(C)(C)n1c(CCC(=O)O)nc2cnccc21. The van der Waals surface area contributed by atoms with Crippen molar-refractivity contribution in [3.63, 3.8) is 0 Å². The number of nitrogens with zero attached hydrogens (tertiary/aromatic N) is 3. The largest absolute Gasteiger partial charge is 0.481 e. The lowest BCUT2D eigenvalue weighted by atomic mass is 10.1. The molecule has 0 unspecified atom stereocenters. The summed E-state index contributed by atoms with van der Waals surface area (Å²) in [4.78, 5) is 19.2. The number of hydrogen-bond acceptors (Lipinski definition) is 3. The Hall–Kier alpha value is -1.91. The molecule has 0 aliphatic carbocycles. The van der Waals surface area contributed by atoms with Crippen LogP contribution in [0.3, 0.4) is 0 Å². The van der Waals surface area contributed by atoms with Gasteiger partial charge in [0.25, 0.3) is 0 Å². The minimum atomic E-state index is -0.805. The highest BCUT2D eigenvalue weighted by molar-refractivity contribution is 5.75. The molecule has 18 heavy (non-hydrogen) atoms. The number of carboxylic acids is 1. The first-order valence-electron chi connectivity index (χ1n) is 5.93. The van der Waals surface area contributed by atoms with Crippen molar-refractivity contribution in [3.05, 3.63) is 24.3 Å². The fourth-order valence-electron chi connectivity index (χ4n) is 2.12. The van der Waals surface area contributed by atoms with E-state index in [0.29, 0.717) is 6.42 Å². The van der Waals surface area contributed by atoms with Gasteiger partial charge in [-0.2, -0.15) is 0 Å². The molecule has 2 aromatic rings. The van der Waals surface area contributed by atoms with Crippen LogP contribution in [-0.4, -0.2) is 25.6 Å². The summed E-state index contributed by atoms with van der Waals surface area (Å²) in [6.07, 6.45) is 3.96. The van der Waals surface area contributed by atoms with E-state index in [1.54, 1.807) is 12.4 Å². The van der Waals surface area contributed by atoms with Gasteiger partial charge >= 0.3 is 5.97 Å². The number of aromatic nitrogens is 3. The highest BCUT2D eigenvalue weighted by Gasteiger charge is 2.21. The maximum Gasteiger partial charge on any atom is 0.303 e. The van der Waals surface area contributed by atoms with Gasteiger partial charge in [-0.3, -0.25) is 9.78 Å². The van der Waals surface area contributed by atoms with Crippen molar-refractivity contribution in [3.8, 4) is 0 Å². The maximum absolute atomic E-state index is 10.7. The standard InChI is InChI=1S/C13H17N3O2/c1-13(2,3)16-10-6-7-14-8-9(10)15-11(16)4-5-12(17)18/h6-8H,4-5H2,1-3H3,(H,17,18). The zero-order chi connectivity index (χ0) is 13.3. The van der Waals surface area contributed by atoms with Crippen LogP contribution in [0.25, 0.3) is 11.0 Å². The normalized spacial score (nSPS) is 11.9. The average Bonchev–Trinajstić information content (AvgIpc) is 2.63. The molecule has 5 nitrogen and oxygen atoms in total. The Balaban J connectivity index is 2.54. The number of carboxylic acid groups (broad SMARTS) is 1. The monoisotopic (exact) mass is 247 g/mol. The van der Waals surface area contributed by atoms with Crippen LogP contribution in [0.15, 0.2) is 18.5 Å². The molecule has 2 heterocycles. The predicted molar refractivity (Wildman–Crippen MR) is 68.5 cm³/mol. The van der Waals surface area contributed by atoms with E-state index in [4.69, 9.17) is 5.11 Å². The first-order chi connectivity index (χ1) is 8.39. The summed E-state index contributed by atoms with van der Waals surface area (Å²) in [6, 6.07) is 1.91. The zero-order valence-electron chi connectivity index (χ0n) is 10.8. The van der Waals surface area contributed by atoms with Gasteiger partial charge in [0.1, 0.15) is 11.3 Å². The summed E-state index contributed by atoms with van der Waals surface area (Å²) in [7, 11) is 0. The molecule has 0 bridgehead atoms. The Morgan fingerprint density at radius 3 is 2.78 bits per heavy atom. The lowest BCUT2D eigenvalue weighted by Gasteiger charge is -2.24. The highest BCUT2D eigenvalue weighted by Crippen LogP contribution is 2.25. The first kappa shape index (κ1) is 12.5. The highest BCUT2D eigenvalue weighted by atomic mass is 16.4. The van der Waals surface area contributed by atoms with Crippen molar-refractivity contribution in [2.45, 2.75) is 39.2 Å². The van der Waals surface area contributed by atoms with Gasteiger partial charge in [-0.05, 0) is 26.8 Å². The summed E-state index contributed by atoms with van der Waals surface area (Å²) in [5.41, 5.74) is 1.68. The zero-order valence-corrected chi connectivity index (χ0v) is 10.8. The molecule has 0 saturated carbocycles. The Morgan fingerprint density at radius 1 is 1.44 bits per heavy atom. The molecular formula is C13H17N3O2. The Labute approximate surface area is 105 Å². The second kappa shape index (κ2) is 4.40. The van der Waals surface area contributed by atoms with E-state index in [-0.39, 0.29) is 12.0 Å². The van der Waals surface area contributed by atoms with Crippen molar-refractivity contribution in [2.75, 3.05) is 0 Å². The van der Waals surface area contributed by atoms with Crippen molar-refractivity contribution in [2.24, 2.45) is 0 Å². The number of rotatable bonds is 3. The fourth-order valence-corrected chi connectivity index (χ4v) is 2.12. The van der Waals surface area contributed by atoms with Gasteiger partial charge in [-0.1, -0.05) is 0 Å². The van der Waals surface area contributed by atoms with Crippen LogP contribution in [0.5, 0.6) is 0 Å². The topological polar surface area (TPSA) is 68.0 Å². The number of carbonyl (C=O) groups is 1. The molecule has 0 spiro atoms. The summed E-state index contributed by atoms with van der Waals surface area (Å²) in [5.74, 6) is -0.00598. The van der Waals surface area contributed by atoms with E-state index in [9.17, 15) is 4.79 Å². The van der Waals surface area contributed by atoms with Gasteiger partial charge < -0.3 is 9.67 Å². The van der Waals surface area contributed by atoms with Gasteiger partial charge in [0, 0.05) is 18.2 Å². The predicted octanol–water partition coefficient (Wildman–Crippen LogP) is 2.20. The van der Waals surface area contributed by atoms with Crippen molar-refractivity contribution >= 4 is 17.0 Å². The minimum Gasteiger partial charge on any atom is -0.481 e. The molecule has 96 valence electrons. The van der Waals surface area contributed by atoms with Gasteiger partial charge in [0.2, 0.25) is 0 Å². The summed E-state index contributed by atoms with van der Waals surface area (Å²) >= 11 is 0. The summed E-state index contributed by atoms with van der Waals surface area (Å²) in [6.45, 7) is 6.25. The molecule has 0 aliphatic rings. The molecule has 0 amide bonds. The van der Waals surface area contributed by atoms with Crippen LogP contribution in [0.2, 0.25) is 0 Å². The van der Waals surface area contributed by atoms with Crippen LogP contribution in [0.1, 0.15) is 33.0 Å². The Kier molecular flexibility index (Phi) is 3.07. The number of pyridine rings is 1. The Bertz CT molecular complexity index is 581. The second-order valence-electron chi connectivity index (χ2n) is 5.29. The number of imidazole rings is 1. The smallest absolute Gasteiger partial charge is 0.303 e. The van der Waals surface area contributed by atoms with Gasteiger partial charge in [-0.15, -0.1) is 0 Å². The van der Waals surface area contributed by atoms with E-state index in [2.05, 4.69) is 35.3 Å². The number of hydrogen-bond donors (Lipinski definition) is 1. The van der Waals surface area contributed by atoms with Crippen LogP contribution in [-0.2, 0) is 16.8 Å². The van der Waals surface area contributed by atoms with E-state index in [1.165, 1.54) is 0 Å². The van der Waals surface area contributed by atoms with Crippen molar-refractivity contribution in [1.29, 1.82) is 0 Å². The maximum atomic E-state index is 10.7. The molecule has 0 aromatic carbocycles. The quantitative estimate of drug-likeness (QED) is 0.902. The lowest BCUT2D eigenvalue weighted by molar-refractivity contribution is -0.137. The van der Waals surface area contributed by atoms with Gasteiger partial charge in [-0.25, -0.2) is 4.98 Å². The van der Waals surface area contributed by atoms with E-state index >= 15 is 0 Å². The third-order valence-corrected chi connectivity index (χ3v) is 2.76. The van der Waals surface area contributed by atoms with Gasteiger partial charge in [0.05, 0.1) is 18.1 Å². The molecule has 2 aromatic heterocycles. The van der Waals surface area contributed by atoms with Crippen LogP contribution < -0.4 is 0 Å². The molecule has 2 rings (SSSR count). The van der Waals surface area contributed by atoms with Crippen molar-refractivity contribution in [1.82, 2.24) is 14.5 Å². The molecule has 0 aliphatic heterocycles. The molecular weight excluding hydrogens is 230 g/mol. The average molecular weight is 247 g/mol. The first-order valence-corrected chi connectivity index (χ1v) is 5.93. The third-order valence-electron chi connectivity index (χ3n) is 2.76. The van der Waals surface area contributed by atoms with Crippen LogP contribution >= 0.6 is 0 Å². The molecule has 1 N–H and O–H groups in total.